The molecule has 0 aliphatic heterocycles. The second-order valence-electron chi connectivity index (χ2n) is 6.13. The number of carboxylic acid groups (broad SMARTS) is 1. The fourth-order valence-electron chi connectivity index (χ4n) is 3.24. The van der Waals surface area contributed by atoms with E-state index in [0.717, 1.165) is 12.8 Å². The summed E-state index contributed by atoms with van der Waals surface area (Å²) in [6, 6.07) is -0.273. The molecule has 0 saturated heterocycles. The van der Waals surface area contributed by atoms with E-state index in [9.17, 15) is 14.7 Å². The zero-order valence-electron chi connectivity index (χ0n) is 12.6. The number of hydrogen-bond acceptors (Lipinski definition) is 4. The van der Waals surface area contributed by atoms with Crippen LogP contribution in [0.25, 0.3) is 0 Å². The van der Waals surface area contributed by atoms with Gasteiger partial charge in [-0.3, -0.25) is 14.9 Å². The number of nitrogens with one attached hydrogen (secondary N) is 2. The second-order valence-corrected chi connectivity index (χ2v) is 6.13. The number of rotatable bonds is 7. The van der Waals surface area contributed by atoms with Crippen LogP contribution in [0.4, 0.5) is 0 Å². The lowest BCUT2D eigenvalue weighted by Gasteiger charge is -2.40. The molecule has 0 aromatic carbocycles. The van der Waals surface area contributed by atoms with Crippen LogP contribution in [0.2, 0.25) is 0 Å². The van der Waals surface area contributed by atoms with Crippen LogP contribution in [-0.4, -0.2) is 41.7 Å². The highest BCUT2D eigenvalue weighted by Gasteiger charge is 2.43. The Balaban J connectivity index is 2.77. The Morgan fingerprint density at radius 1 is 1.45 bits per heavy atom. The van der Waals surface area contributed by atoms with E-state index in [1.165, 1.54) is 0 Å². The van der Waals surface area contributed by atoms with E-state index in [2.05, 4.69) is 10.6 Å². The van der Waals surface area contributed by atoms with Crippen molar-refractivity contribution in [3.63, 3.8) is 0 Å². The highest BCUT2D eigenvalue weighted by molar-refractivity contribution is 5.80. The monoisotopic (exact) mass is 285 g/mol. The SMILES string of the molecule is CNC(CC1CCCC(NC(C)C)(C(=O)O)C1)C(N)=O. The molecule has 1 amide bonds. The third-order valence-corrected chi connectivity index (χ3v) is 4.09. The Morgan fingerprint density at radius 2 is 2.10 bits per heavy atom. The van der Waals surface area contributed by atoms with Crippen molar-refractivity contribution in [2.24, 2.45) is 11.7 Å². The maximum Gasteiger partial charge on any atom is 0.323 e. The zero-order chi connectivity index (χ0) is 15.3. The number of carbonyl (C=O) groups excluding carboxylic acids is 1. The first kappa shape index (κ1) is 16.9. The van der Waals surface area contributed by atoms with Crippen LogP contribution < -0.4 is 16.4 Å². The largest absolute Gasteiger partial charge is 0.480 e. The van der Waals surface area contributed by atoms with Crippen LogP contribution in [0.15, 0.2) is 0 Å². The minimum absolute atomic E-state index is 0.112. The average molecular weight is 285 g/mol. The standard InChI is InChI=1S/C14H27N3O3/c1-9(2)17-14(13(19)20)6-4-5-10(8-14)7-11(16-3)12(15)18/h9-11,16-17H,4-8H2,1-3H3,(H2,15,18)(H,19,20). The third-order valence-electron chi connectivity index (χ3n) is 4.09. The summed E-state index contributed by atoms with van der Waals surface area (Å²) in [5, 5.41) is 15.7. The van der Waals surface area contributed by atoms with E-state index in [-0.39, 0.29) is 23.9 Å². The molecular weight excluding hydrogens is 258 g/mol. The van der Waals surface area contributed by atoms with Crippen molar-refractivity contribution in [1.29, 1.82) is 0 Å². The molecule has 3 unspecified atom stereocenters. The van der Waals surface area contributed by atoms with Gasteiger partial charge in [-0.05, 0) is 46.1 Å². The second kappa shape index (κ2) is 7.04. The number of primary amides is 1. The zero-order valence-corrected chi connectivity index (χ0v) is 12.6. The van der Waals surface area contributed by atoms with Crippen LogP contribution in [0.1, 0.15) is 46.0 Å². The molecular formula is C14H27N3O3. The molecule has 0 radical (unpaired) electrons. The number of likely N-dealkylation sites (N-methyl/N-ethyl adjacent to an activating group) is 1. The smallest absolute Gasteiger partial charge is 0.323 e. The van der Waals surface area contributed by atoms with Gasteiger partial charge in [-0.2, -0.15) is 0 Å². The molecule has 1 aliphatic carbocycles. The summed E-state index contributed by atoms with van der Waals surface area (Å²) >= 11 is 0. The molecule has 0 aromatic rings. The topological polar surface area (TPSA) is 104 Å². The molecule has 5 N–H and O–H groups in total. The van der Waals surface area contributed by atoms with E-state index in [0.29, 0.717) is 19.3 Å². The maximum absolute atomic E-state index is 11.7. The lowest BCUT2D eigenvalue weighted by Crippen LogP contribution is -2.57. The molecule has 6 heteroatoms. The molecule has 116 valence electrons. The first-order valence-corrected chi connectivity index (χ1v) is 7.28. The Bertz CT molecular complexity index is 360. The van der Waals surface area contributed by atoms with Gasteiger partial charge in [-0.25, -0.2) is 0 Å². The van der Waals surface area contributed by atoms with E-state index >= 15 is 0 Å². The van der Waals surface area contributed by atoms with Crippen molar-refractivity contribution in [3.05, 3.63) is 0 Å². The molecule has 1 fully saturated rings. The fourth-order valence-corrected chi connectivity index (χ4v) is 3.24. The van der Waals surface area contributed by atoms with Crippen molar-refractivity contribution in [2.75, 3.05) is 7.05 Å². The van der Waals surface area contributed by atoms with Crippen LogP contribution >= 0.6 is 0 Å². The van der Waals surface area contributed by atoms with Crippen molar-refractivity contribution in [2.45, 2.75) is 63.6 Å². The van der Waals surface area contributed by atoms with Gasteiger partial charge in [0.25, 0.3) is 0 Å². The highest BCUT2D eigenvalue weighted by atomic mass is 16.4. The highest BCUT2D eigenvalue weighted by Crippen LogP contribution is 2.35. The Labute approximate surface area is 120 Å². The molecule has 1 saturated carbocycles. The molecule has 0 heterocycles. The van der Waals surface area contributed by atoms with E-state index < -0.39 is 11.5 Å². The molecule has 1 rings (SSSR count). The first-order valence-electron chi connectivity index (χ1n) is 7.28. The summed E-state index contributed by atoms with van der Waals surface area (Å²) in [5.74, 6) is -0.983. The van der Waals surface area contributed by atoms with E-state index in [4.69, 9.17) is 5.73 Å². The van der Waals surface area contributed by atoms with Gasteiger partial charge < -0.3 is 16.2 Å². The van der Waals surface area contributed by atoms with Gasteiger partial charge in [-0.1, -0.05) is 12.8 Å². The number of nitrogens with two attached hydrogens (primary N) is 1. The quantitative estimate of drug-likeness (QED) is 0.544. The van der Waals surface area contributed by atoms with E-state index in [1.807, 2.05) is 13.8 Å². The predicted octanol–water partition coefficient (Wildman–Crippen LogP) is 0.461. The summed E-state index contributed by atoms with van der Waals surface area (Å²) in [6.45, 7) is 3.90. The van der Waals surface area contributed by atoms with Gasteiger partial charge in [0.2, 0.25) is 5.91 Å². The normalized spacial score (nSPS) is 28.3. The summed E-state index contributed by atoms with van der Waals surface area (Å²) in [5.41, 5.74) is 4.47. The van der Waals surface area contributed by atoms with Crippen molar-refractivity contribution < 1.29 is 14.7 Å². The number of aliphatic carboxylic acids is 1. The van der Waals surface area contributed by atoms with Crippen LogP contribution in [0.5, 0.6) is 0 Å². The Kier molecular flexibility index (Phi) is 5.95. The van der Waals surface area contributed by atoms with Crippen LogP contribution in [0.3, 0.4) is 0 Å². The molecule has 1 aliphatic rings. The average Bonchev–Trinajstić information content (AvgIpc) is 2.35. The van der Waals surface area contributed by atoms with Crippen LogP contribution in [-0.2, 0) is 9.59 Å². The minimum Gasteiger partial charge on any atom is -0.480 e. The number of carbonyl (C=O) groups is 2. The lowest BCUT2D eigenvalue weighted by molar-refractivity contribution is -0.147. The number of hydrogen-bond donors (Lipinski definition) is 4. The number of carboxylic acids is 1. The molecule has 0 bridgehead atoms. The fraction of sp³-hybridized carbons (Fsp3) is 0.857. The van der Waals surface area contributed by atoms with Gasteiger partial charge in [0.15, 0.2) is 0 Å². The minimum atomic E-state index is -0.868. The molecule has 0 aromatic heterocycles. The summed E-state index contributed by atoms with van der Waals surface area (Å²) in [6.07, 6.45) is 3.58. The van der Waals surface area contributed by atoms with Crippen LogP contribution in [0, 0.1) is 5.92 Å². The lowest BCUT2D eigenvalue weighted by atomic mass is 9.73. The third kappa shape index (κ3) is 4.18. The summed E-state index contributed by atoms with van der Waals surface area (Å²) in [4.78, 5) is 23.0. The van der Waals surface area contributed by atoms with Crippen molar-refractivity contribution >= 4 is 11.9 Å². The van der Waals surface area contributed by atoms with Gasteiger partial charge in [0, 0.05) is 6.04 Å². The Morgan fingerprint density at radius 3 is 2.55 bits per heavy atom. The maximum atomic E-state index is 11.7. The predicted molar refractivity (Wildman–Crippen MR) is 77.3 cm³/mol. The Hall–Kier alpha value is -1.14. The molecule has 0 spiro atoms. The summed E-state index contributed by atoms with van der Waals surface area (Å²) < 4.78 is 0. The van der Waals surface area contributed by atoms with E-state index in [1.54, 1.807) is 7.05 Å². The van der Waals surface area contributed by atoms with Crippen molar-refractivity contribution in [1.82, 2.24) is 10.6 Å². The van der Waals surface area contributed by atoms with Gasteiger partial charge >= 0.3 is 5.97 Å². The van der Waals surface area contributed by atoms with Gasteiger partial charge in [0.05, 0.1) is 6.04 Å². The molecule has 20 heavy (non-hydrogen) atoms. The number of amides is 1. The van der Waals surface area contributed by atoms with Crippen molar-refractivity contribution in [3.8, 4) is 0 Å². The summed E-state index contributed by atoms with van der Waals surface area (Å²) in [7, 11) is 1.70. The molecule has 3 atom stereocenters. The molecule has 6 nitrogen and oxygen atoms in total. The first-order chi connectivity index (χ1) is 9.30. The van der Waals surface area contributed by atoms with Gasteiger partial charge in [0.1, 0.15) is 5.54 Å². The van der Waals surface area contributed by atoms with Gasteiger partial charge in [-0.15, -0.1) is 0 Å².